The molecule has 27 heavy (non-hydrogen) atoms. The SMILES string of the molecule is Cc1c(C#N)c(-c2cccc(C(=O)N3CCCCC3)c2)nc2ccccc12. The molecule has 0 radical (unpaired) electrons. The summed E-state index contributed by atoms with van der Waals surface area (Å²) in [5.74, 6) is 0.0626. The van der Waals surface area contributed by atoms with Crippen LogP contribution in [0.1, 0.15) is 40.7 Å². The van der Waals surface area contributed by atoms with Crippen LogP contribution >= 0.6 is 0 Å². The largest absolute Gasteiger partial charge is 0.339 e. The van der Waals surface area contributed by atoms with Crippen molar-refractivity contribution in [3.05, 3.63) is 65.2 Å². The number of carbonyl (C=O) groups is 1. The normalized spacial score (nSPS) is 14.1. The molecule has 0 aliphatic carbocycles. The summed E-state index contributed by atoms with van der Waals surface area (Å²) in [5.41, 5.74) is 4.45. The van der Waals surface area contributed by atoms with Crippen LogP contribution in [0.3, 0.4) is 0 Å². The topological polar surface area (TPSA) is 57.0 Å². The lowest BCUT2D eigenvalue weighted by molar-refractivity contribution is 0.0724. The quantitative estimate of drug-likeness (QED) is 0.669. The molecule has 0 bridgehead atoms. The van der Waals surface area contributed by atoms with E-state index in [4.69, 9.17) is 4.98 Å². The first-order valence-corrected chi connectivity index (χ1v) is 9.38. The van der Waals surface area contributed by atoms with Crippen molar-refractivity contribution in [1.29, 1.82) is 5.26 Å². The average molecular weight is 355 g/mol. The molecule has 0 N–H and O–H groups in total. The number of likely N-dealkylation sites (tertiary alicyclic amines) is 1. The van der Waals surface area contributed by atoms with Crippen molar-refractivity contribution in [2.45, 2.75) is 26.2 Å². The van der Waals surface area contributed by atoms with E-state index in [1.807, 2.05) is 60.4 Å². The van der Waals surface area contributed by atoms with Crippen molar-refractivity contribution in [2.75, 3.05) is 13.1 Å². The highest BCUT2D eigenvalue weighted by molar-refractivity contribution is 5.96. The summed E-state index contributed by atoms with van der Waals surface area (Å²) in [7, 11) is 0. The number of rotatable bonds is 2. The summed E-state index contributed by atoms with van der Waals surface area (Å²) in [6.45, 7) is 3.59. The molecule has 1 aromatic heterocycles. The number of benzene rings is 2. The van der Waals surface area contributed by atoms with E-state index in [9.17, 15) is 10.1 Å². The average Bonchev–Trinajstić information content (AvgIpc) is 2.74. The molecule has 1 aliphatic heterocycles. The third kappa shape index (κ3) is 3.17. The molecule has 134 valence electrons. The van der Waals surface area contributed by atoms with Crippen LogP contribution in [0.2, 0.25) is 0 Å². The van der Waals surface area contributed by atoms with Gasteiger partial charge in [-0.15, -0.1) is 0 Å². The number of piperidine rings is 1. The number of hydrogen-bond donors (Lipinski definition) is 0. The Morgan fingerprint density at radius 1 is 1.07 bits per heavy atom. The van der Waals surface area contributed by atoms with E-state index < -0.39 is 0 Å². The van der Waals surface area contributed by atoms with Gasteiger partial charge in [-0.25, -0.2) is 4.98 Å². The molecule has 0 unspecified atom stereocenters. The molecule has 2 aromatic carbocycles. The van der Waals surface area contributed by atoms with Gasteiger partial charge in [0.2, 0.25) is 0 Å². The maximum absolute atomic E-state index is 12.9. The number of aryl methyl sites for hydroxylation is 1. The second-order valence-electron chi connectivity index (χ2n) is 7.02. The first kappa shape index (κ1) is 17.2. The molecule has 0 atom stereocenters. The number of nitriles is 1. The Morgan fingerprint density at radius 2 is 1.85 bits per heavy atom. The van der Waals surface area contributed by atoms with Crippen LogP contribution < -0.4 is 0 Å². The van der Waals surface area contributed by atoms with E-state index in [1.165, 1.54) is 6.42 Å². The molecule has 3 aromatic rings. The van der Waals surface area contributed by atoms with Gasteiger partial charge < -0.3 is 4.90 Å². The highest BCUT2D eigenvalue weighted by atomic mass is 16.2. The predicted octanol–water partition coefficient (Wildman–Crippen LogP) is 4.71. The molecule has 2 heterocycles. The van der Waals surface area contributed by atoms with Crippen molar-refractivity contribution < 1.29 is 4.79 Å². The van der Waals surface area contributed by atoms with Gasteiger partial charge in [-0.1, -0.05) is 30.3 Å². The molecule has 1 fully saturated rings. The van der Waals surface area contributed by atoms with Crippen molar-refractivity contribution in [3.63, 3.8) is 0 Å². The molecule has 0 spiro atoms. The molecule has 1 amide bonds. The van der Waals surface area contributed by atoms with Crippen LogP contribution in [0.15, 0.2) is 48.5 Å². The van der Waals surface area contributed by atoms with E-state index >= 15 is 0 Å². The monoisotopic (exact) mass is 355 g/mol. The zero-order chi connectivity index (χ0) is 18.8. The molecular formula is C23H21N3O. The van der Waals surface area contributed by atoms with Crippen LogP contribution in [-0.4, -0.2) is 28.9 Å². The smallest absolute Gasteiger partial charge is 0.253 e. The molecule has 1 aliphatic rings. The van der Waals surface area contributed by atoms with Gasteiger partial charge in [0.1, 0.15) is 6.07 Å². The van der Waals surface area contributed by atoms with E-state index in [0.717, 1.165) is 48.0 Å². The number of amides is 1. The fraction of sp³-hybridized carbons (Fsp3) is 0.261. The maximum atomic E-state index is 12.9. The van der Waals surface area contributed by atoms with E-state index in [-0.39, 0.29) is 5.91 Å². The summed E-state index contributed by atoms with van der Waals surface area (Å²) in [6.07, 6.45) is 3.32. The van der Waals surface area contributed by atoms with Gasteiger partial charge in [-0.3, -0.25) is 4.79 Å². The Hall–Kier alpha value is -3.19. The second-order valence-corrected chi connectivity index (χ2v) is 7.02. The summed E-state index contributed by atoms with van der Waals surface area (Å²) in [4.78, 5) is 19.5. The Balaban J connectivity index is 1.80. The molecule has 4 rings (SSSR count). The van der Waals surface area contributed by atoms with Gasteiger partial charge in [-0.05, 0) is 49.9 Å². The van der Waals surface area contributed by atoms with Gasteiger partial charge in [0.15, 0.2) is 0 Å². The van der Waals surface area contributed by atoms with Gasteiger partial charge in [0.25, 0.3) is 5.91 Å². The lowest BCUT2D eigenvalue weighted by atomic mass is 9.97. The van der Waals surface area contributed by atoms with Gasteiger partial charge in [0, 0.05) is 29.6 Å². The fourth-order valence-electron chi connectivity index (χ4n) is 3.80. The zero-order valence-corrected chi connectivity index (χ0v) is 15.4. The van der Waals surface area contributed by atoms with Crippen LogP contribution in [-0.2, 0) is 0 Å². The molecule has 1 saturated heterocycles. The maximum Gasteiger partial charge on any atom is 0.253 e. The number of fused-ring (bicyclic) bond motifs is 1. The minimum Gasteiger partial charge on any atom is -0.339 e. The highest BCUT2D eigenvalue weighted by Crippen LogP contribution is 2.30. The van der Waals surface area contributed by atoms with Gasteiger partial charge >= 0.3 is 0 Å². The predicted molar refractivity (Wildman–Crippen MR) is 106 cm³/mol. The number of aromatic nitrogens is 1. The van der Waals surface area contributed by atoms with Crippen LogP contribution in [0.25, 0.3) is 22.2 Å². The molecular weight excluding hydrogens is 334 g/mol. The van der Waals surface area contributed by atoms with Crippen LogP contribution in [0.4, 0.5) is 0 Å². The Labute approximate surface area is 159 Å². The minimum absolute atomic E-state index is 0.0626. The number of pyridine rings is 1. The number of carbonyl (C=O) groups excluding carboxylic acids is 1. The van der Waals surface area contributed by atoms with E-state index in [2.05, 4.69) is 6.07 Å². The summed E-state index contributed by atoms with van der Waals surface area (Å²) in [6, 6.07) is 17.7. The Morgan fingerprint density at radius 3 is 2.63 bits per heavy atom. The number of para-hydroxylation sites is 1. The van der Waals surface area contributed by atoms with Crippen molar-refractivity contribution in [3.8, 4) is 17.3 Å². The summed E-state index contributed by atoms with van der Waals surface area (Å²) in [5, 5.41) is 10.7. The van der Waals surface area contributed by atoms with Crippen LogP contribution in [0.5, 0.6) is 0 Å². The fourth-order valence-corrected chi connectivity index (χ4v) is 3.80. The molecule has 4 heteroatoms. The first-order valence-electron chi connectivity index (χ1n) is 9.38. The molecule has 0 saturated carbocycles. The second kappa shape index (κ2) is 7.20. The third-order valence-corrected chi connectivity index (χ3v) is 5.29. The van der Waals surface area contributed by atoms with Gasteiger partial charge in [-0.2, -0.15) is 5.26 Å². The van der Waals surface area contributed by atoms with E-state index in [1.54, 1.807) is 0 Å². The van der Waals surface area contributed by atoms with Crippen molar-refractivity contribution in [2.24, 2.45) is 0 Å². The minimum atomic E-state index is 0.0626. The summed E-state index contributed by atoms with van der Waals surface area (Å²) >= 11 is 0. The summed E-state index contributed by atoms with van der Waals surface area (Å²) < 4.78 is 0. The number of hydrogen-bond acceptors (Lipinski definition) is 3. The lowest BCUT2D eigenvalue weighted by Crippen LogP contribution is -2.35. The lowest BCUT2D eigenvalue weighted by Gasteiger charge is -2.26. The van der Waals surface area contributed by atoms with Gasteiger partial charge in [0.05, 0.1) is 16.8 Å². The van der Waals surface area contributed by atoms with E-state index in [0.29, 0.717) is 16.8 Å². The zero-order valence-electron chi connectivity index (χ0n) is 15.4. The van der Waals surface area contributed by atoms with Crippen molar-refractivity contribution >= 4 is 16.8 Å². The van der Waals surface area contributed by atoms with Crippen LogP contribution in [0, 0.1) is 18.3 Å². The Bertz CT molecular complexity index is 1060. The standard InChI is InChI=1S/C23H21N3O/c1-16-19-10-3-4-11-21(19)25-22(20(16)15-24)17-8-7-9-18(14-17)23(27)26-12-5-2-6-13-26/h3-4,7-11,14H,2,5-6,12-13H2,1H3. The molecule has 4 nitrogen and oxygen atoms in total. The van der Waals surface area contributed by atoms with Crippen molar-refractivity contribution in [1.82, 2.24) is 9.88 Å². The first-order chi connectivity index (χ1) is 13.2. The Kier molecular flexibility index (Phi) is 4.60. The third-order valence-electron chi connectivity index (χ3n) is 5.29. The number of nitrogens with zero attached hydrogens (tertiary/aromatic N) is 3. The highest BCUT2D eigenvalue weighted by Gasteiger charge is 2.20.